The van der Waals surface area contributed by atoms with E-state index in [0.29, 0.717) is 24.7 Å². The van der Waals surface area contributed by atoms with Gasteiger partial charge in [-0.3, -0.25) is 9.58 Å². The quantitative estimate of drug-likeness (QED) is 0.620. The van der Waals surface area contributed by atoms with E-state index in [1.54, 1.807) is 0 Å². The van der Waals surface area contributed by atoms with Crippen LogP contribution in [0.5, 0.6) is 0 Å². The van der Waals surface area contributed by atoms with Crippen LogP contribution in [0.3, 0.4) is 0 Å². The Morgan fingerprint density at radius 2 is 1.96 bits per heavy atom. The van der Waals surface area contributed by atoms with Gasteiger partial charge in [0.15, 0.2) is 5.82 Å². The second kappa shape index (κ2) is 7.72. The molecule has 3 rings (SSSR count). The molecule has 1 aromatic carbocycles. The van der Waals surface area contributed by atoms with Gasteiger partial charge in [0.05, 0.1) is 19.2 Å². The molecular formula is C17H20BrN5O. The van der Waals surface area contributed by atoms with E-state index in [4.69, 9.17) is 4.52 Å². The van der Waals surface area contributed by atoms with Gasteiger partial charge in [0, 0.05) is 29.3 Å². The van der Waals surface area contributed by atoms with Crippen molar-refractivity contribution in [3.63, 3.8) is 0 Å². The Balaban J connectivity index is 1.55. The molecule has 0 amide bonds. The lowest BCUT2D eigenvalue weighted by molar-refractivity contribution is 0.300. The highest BCUT2D eigenvalue weighted by Gasteiger charge is 2.11. The van der Waals surface area contributed by atoms with Gasteiger partial charge in [0.25, 0.3) is 0 Å². The van der Waals surface area contributed by atoms with E-state index in [9.17, 15) is 0 Å². The van der Waals surface area contributed by atoms with Crippen molar-refractivity contribution in [3.8, 4) is 0 Å². The summed E-state index contributed by atoms with van der Waals surface area (Å²) in [6, 6.07) is 8.12. The molecule has 2 heterocycles. The number of aryl methyl sites for hydroxylation is 1. The molecule has 0 atom stereocenters. The predicted molar refractivity (Wildman–Crippen MR) is 94.3 cm³/mol. The summed E-state index contributed by atoms with van der Waals surface area (Å²) < 4.78 is 8.34. The highest BCUT2D eigenvalue weighted by molar-refractivity contribution is 9.10. The monoisotopic (exact) mass is 389 g/mol. The molecule has 24 heavy (non-hydrogen) atoms. The van der Waals surface area contributed by atoms with Gasteiger partial charge in [0.1, 0.15) is 0 Å². The van der Waals surface area contributed by atoms with Gasteiger partial charge in [-0.2, -0.15) is 10.1 Å². The summed E-state index contributed by atoms with van der Waals surface area (Å²) >= 11 is 3.43. The van der Waals surface area contributed by atoms with Crippen molar-refractivity contribution in [2.24, 2.45) is 0 Å². The highest BCUT2D eigenvalue weighted by atomic mass is 79.9. The van der Waals surface area contributed by atoms with Crippen LogP contribution in [0, 0.1) is 0 Å². The molecule has 2 aromatic heterocycles. The number of nitrogens with zero attached hydrogens (tertiary/aromatic N) is 5. The largest absolute Gasteiger partial charge is 0.339 e. The van der Waals surface area contributed by atoms with Crippen molar-refractivity contribution >= 4 is 15.9 Å². The van der Waals surface area contributed by atoms with Crippen LogP contribution in [0.2, 0.25) is 0 Å². The first kappa shape index (κ1) is 16.9. The first-order valence-corrected chi connectivity index (χ1v) is 8.67. The van der Waals surface area contributed by atoms with Gasteiger partial charge < -0.3 is 4.52 Å². The van der Waals surface area contributed by atoms with Crippen LogP contribution in [0.1, 0.15) is 29.8 Å². The molecule has 0 fully saturated rings. The first-order chi connectivity index (χ1) is 11.6. The van der Waals surface area contributed by atoms with Crippen molar-refractivity contribution in [2.75, 3.05) is 7.05 Å². The number of halogens is 1. The third-order valence-corrected chi connectivity index (χ3v) is 4.18. The summed E-state index contributed by atoms with van der Waals surface area (Å²) in [4.78, 5) is 6.62. The normalized spacial score (nSPS) is 11.3. The minimum Gasteiger partial charge on any atom is -0.339 e. The van der Waals surface area contributed by atoms with Crippen molar-refractivity contribution < 1.29 is 4.52 Å². The summed E-state index contributed by atoms with van der Waals surface area (Å²) in [7, 11) is 2.04. The van der Waals surface area contributed by atoms with Crippen LogP contribution in [0.15, 0.2) is 45.7 Å². The summed E-state index contributed by atoms with van der Waals surface area (Å²) in [6.45, 7) is 4.40. The molecule has 0 aliphatic carbocycles. The van der Waals surface area contributed by atoms with Gasteiger partial charge in [-0.05, 0) is 31.7 Å². The Morgan fingerprint density at radius 3 is 2.67 bits per heavy atom. The molecule has 126 valence electrons. The zero-order chi connectivity index (χ0) is 16.9. The highest BCUT2D eigenvalue weighted by Crippen LogP contribution is 2.14. The van der Waals surface area contributed by atoms with Crippen LogP contribution in [0.4, 0.5) is 0 Å². The fraction of sp³-hybridized carbons (Fsp3) is 0.353. The Kier molecular flexibility index (Phi) is 5.42. The summed E-state index contributed by atoms with van der Waals surface area (Å²) in [5.74, 6) is 1.34. The Morgan fingerprint density at radius 1 is 1.17 bits per heavy atom. The van der Waals surface area contributed by atoms with Gasteiger partial charge in [-0.25, -0.2) is 0 Å². The van der Waals surface area contributed by atoms with Gasteiger partial charge >= 0.3 is 0 Å². The van der Waals surface area contributed by atoms with Crippen LogP contribution in [0.25, 0.3) is 0 Å². The standard InChI is InChI=1S/C17H20BrN5O/c1-3-23-11-14(9-19-23)10-22(2)12-16-20-17(24-21-16)8-13-4-6-15(18)7-5-13/h4-7,9,11H,3,8,10,12H2,1-2H3. The molecule has 0 aliphatic heterocycles. The number of hydrogen-bond donors (Lipinski definition) is 0. The van der Waals surface area contributed by atoms with E-state index in [-0.39, 0.29) is 0 Å². The van der Waals surface area contributed by atoms with E-state index in [0.717, 1.165) is 23.1 Å². The molecule has 6 nitrogen and oxygen atoms in total. The van der Waals surface area contributed by atoms with E-state index >= 15 is 0 Å². The maximum absolute atomic E-state index is 5.36. The van der Waals surface area contributed by atoms with Crippen molar-refractivity contribution in [2.45, 2.75) is 33.0 Å². The molecule has 3 aromatic rings. The van der Waals surface area contributed by atoms with E-state index in [1.807, 2.05) is 42.2 Å². The number of benzene rings is 1. The van der Waals surface area contributed by atoms with Gasteiger partial charge in [-0.15, -0.1) is 0 Å². The van der Waals surface area contributed by atoms with Gasteiger partial charge in [-0.1, -0.05) is 33.2 Å². The summed E-state index contributed by atoms with van der Waals surface area (Å²) in [5, 5.41) is 8.36. The number of aromatic nitrogens is 4. The average Bonchev–Trinajstić information content (AvgIpc) is 3.19. The maximum atomic E-state index is 5.36. The average molecular weight is 390 g/mol. The molecule has 0 aliphatic rings. The minimum absolute atomic E-state index is 0.638. The second-order valence-electron chi connectivity index (χ2n) is 5.78. The third kappa shape index (κ3) is 4.52. The predicted octanol–water partition coefficient (Wildman–Crippen LogP) is 3.27. The van der Waals surface area contributed by atoms with Crippen molar-refractivity contribution in [1.29, 1.82) is 0 Å². The van der Waals surface area contributed by atoms with Gasteiger partial charge in [0.2, 0.25) is 5.89 Å². The SMILES string of the molecule is CCn1cc(CN(C)Cc2noc(Cc3ccc(Br)cc3)n2)cn1. The lowest BCUT2D eigenvalue weighted by Gasteiger charge is -2.12. The molecule has 0 saturated carbocycles. The molecule has 0 N–H and O–H groups in total. The smallest absolute Gasteiger partial charge is 0.231 e. The molecule has 0 unspecified atom stereocenters. The van der Waals surface area contributed by atoms with E-state index in [2.05, 4.69) is 49.2 Å². The minimum atomic E-state index is 0.638. The zero-order valence-electron chi connectivity index (χ0n) is 13.8. The fourth-order valence-electron chi connectivity index (χ4n) is 2.47. The summed E-state index contributed by atoms with van der Waals surface area (Å²) in [5.41, 5.74) is 2.33. The molecule has 0 saturated heterocycles. The van der Waals surface area contributed by atoms with E-state index < -0.39 is 0 Å². The van der Waals surface area contributed by atoms with E-state index in [1.165, 1.54) is 5.56 Å². The Labute approximate surface area is 149 Å². The lowest BCUT2D eigenvalue weighted by atomic mass is 10.1. The van der Waals surface area contributed by atoms with Crippen LogP contribution >= 0.6 is 15.9 Å². The molecule has 0 bridgehead atoms. The van der Waals surface area contributed by atoms with Crippen LogP contribution in [-0.4, -0.2) is 31.9 Å². The van der Waals surface area contributed by atoms with Crippen molar-refractivity contribution in [1.82, 2.24) is 24.8 Å². The summed E-state index contributed by atoms with van der Waals surface area (Å²) in [6.07, 6.45) is 4.61. The fourth-order valence-corrected chi connectivity index (χ4v) is 2.74. The Bertz CT molecular complexity index is 780. The molecule has 0 radical (unpaired) electrons. The molecule has 0 spiro atoms. The topological polar surface area (TPSA) is 60.0 Å². The first-order valence-electron chi connectivity index (χ1n) is 7.88. The second-order valence-corrected chi connectivity index (χ2v) is 6.70. The zero-order valence-corrected chi connectivity index (χ0v) is 15.4. The van der Waals surface area contributed by atoms with Crippen LogP contribution in [-0.2, 0) is 26.1 Å². The third-order valence-electron chi connectivity index (χ3n) is 3.65. The number of hydrogen-bond acceptors (Lipinski definition) is 5. The molecular weight excluding hydrogens is 370 g/mol. The van der Waals surface area contributed by atoms with Crippen LogP contribution < -0.4 is 0 Å². The number of rotatable bonds is 7. The Hall–Kier alpha value is -1.99. The van der Waals surface area contributed by atoms with Crippen molar-refractivity contribution in [3.05, 3.63) is 64.0 Å². The molecule has 7 heteroatoms. The maximum Gasteiger partial charge on any atom is 0.231 e. The lowest BCUT2D eigenvalue weighted by Crippen LogP contribution is -2.17.